The largest absolute Gasteiger partial charge is 0.367 e. The van der Waals surface area contributed by atoms with E-state index in [-0.39, 0.29) is 23.4 Å². The number of hydrogen-bond donors (Lipinski definition) is 1. The fourth-order valence-corrected chi connectivity index (χ4v) is 5.91. The van der Waals surface area contributed by atoms with Gasteiger partial charge >= 0.3 is 0 Å². The highest BCUT2D eigenvalue weighted by molar-refractivity contribution is 7.99. The maximum atomic E-state index is 13.1. The van der Waals surface area contributed by atoms with Gasteiger partial charge in [0.15, 0.2) is 0 Å². The number of amides is 1. The maximum absolute atomic E-state index is 13.1. The summed E-state index contributed by atoms with van der Waals surface area (Å²) in [6.45, 7) is 4.79. The molecule has 6 nitrogen and oxygen atoms in total. The summed E-state index contributed by atoms with van der Waals surface area (Å²) < 4.78 is 6.39. The highest BCUT2D eigenvalue weighted by Gasteiger charge is 2.34. The Labute approximate surface area is 211 Å². The molecule has 2 atom stereocenters. The third kappa shape index (κ3) is 6.11. The molecule has 1 amide bonds. The number of pyridine rings is 1. The molecule has 7 heteroatoms. The number of benzene rings is 2. The van der Waals surface area contributed by atoms with E-state index in [1.54, 1.807) is 18.0 Å². The van der Waals surface area contributed by atoms with Crippen LogP contribution in [-0.4, -0.2) is 71.8 Å². The second-order valence-corrected chi connectivity index (χ2v) is 10.1. The molecule has 2 aromatic carbocycles. The smallest absolute Gasteiger partial charge is 0.240 e. The highest BCUT2D eigenvalue weighted by atomic mass is 32.2. The zero-order valence-electron chi connectivity index (χ0n) is 19.8. The maximum Gasteiger partial charge on any atom is 0.240 e. The number of hydrogen-bond acceptors (Lipinski definition) is 6. The normalized spacial score (nSPS) is 20.9. The molecule has 35 heavy (non-hydrogen) atoms. The minimum Gasteiger partial charge on any atom is -0.367 e. The van der Waals surface area contributed by atoms with E-state index in [9.17, 15) is 4.79 Å². The van der Waals surface area contributed by atoms with Crippen LogP contribution in [0.2, 0.25) is 0 Å². The molecule has 1 N–H and O–H groups in total. The molecule has 0 bridgehead atoms. The molecule has 3 aromatic rings. The Balaban J connectivity index is 1.09. The van der Waals surface area contributed by atoms with Crippen molar-refractivity contribution in [2.45, 2.75) is 17.5 Å². The summed E-state index contributed by atoms with van der Waals surface area (Å²) in [5, 5.41) is 3.63. The van der Waals surface area contributed by atoms with Gasteiger partial charge in [-0.05, 0) is 22.8 Å². The minimum absolute atomic E-state index is 0.0704. The Morgan fingerprint density at radius 1 is 0.971 bits per heavy atom. The van der Waals surface area contributed by atoms with Crippen LogP contribution in [-0.2, 0) is 9.53 Å². The molecule has 2 fully saturated rings. The number of carbonyl (C=O) groups is 1. The molecule has 3 heterocycles. The summed E-state index contributed by atoms with van der Waals surface area (Å²) >= 11 is 1.78. The lowest BCUT2D eigenvalue weighted by Crippen LogP contribution is -2.54. The predicted octanol–water partition coefficient (Wildman–Crippen LogP) is 3.74. The van der Waals surface area contributed by atoms with E-state index < -0.39 is 0 Å². The van der Waals surface area contributed by atoms with Gasteiger partial charge in [0.2, 0.25) is 5.91 Å². The summed E-state index contributed by atoms with van der Waals surface area (Å²) in [7, 11) is 0. The van der Waals surface area contributed by atoms with E-state index in [2.05, 4.69) is 69.8 Å². The molecule has 2 saturated heterocycles. The second-order valence-electron chi connectivity index (χ2n) is 8.96. The standard InChI is InChI=1S/C28H32N4O2S/c33-28(25-21-35-27(30-25)24-12-7-13-29-20-24)32-16-14-31(15-17-32)18-19-34-26(22-8-3-1-4-9-22)23-10-5-2-6-11-23/h1-13,20,25-27,30H,14-19,21H2/t25-,27?/m0/s1. The monoisotopic (exact) mass is 488 g/mol. The molecular formula is C28H32N4O2S. The Bertz CT molecular complexity index is 1020. The molecule has 0 saturated carbocycles. The van der Waals surface area contributed by atoms with Gasteiger partial charge in [0.25, 0.3) is 0 Å². The van der Waals surface area contributed by atoms with Crippen LogP contribution in [0.3, 0.4) is 0 Å². The van der Waals surface area contributed by atoms with Crippen LogP contribution in [0.5, 0.6) is 0 Å². The van der Waals surface area contributed by atoms with E-state index >= 15 is 0 Å². The number of aromatic nitrogens is 1. The van der Waals surface area contributed by atoms with Crippen LogP contribution >= 0.6 is 11.8 Å². The van der Waals surface area contributed by atoms with Crippen LogP contribution < -0.4 is 5.32 Å². The summed E-state index contributed by atoms with van der Waals surface area (Å²) in [6, 6.07) is 24.7. The molecule has 5 rings (SSSR count). The Kier molecular flexibility index (Phi) is 8.10. The quantitative estimate of drug-likeness (QED) is 0.521. The van der Waals surface area contributed by atoms with Gasteiger partial charge in [-0.25, -0.2) is 0 Å². The van der Waals surface area contributed by atoms with Crippen LogP contribution in [0.4, 0.5) is 0 Å². The summed E-state index contributed by atoms with van der Waals surface area (Å²) in [6.07, 6.45) is 3.58. The first kappa shape index (κ1) is 24.0. The number of rotatable bonds is 8. The second kappa shape index (κ2) is 11.8. The third-order valence-electron chi connectivity index (χ3n) is 6.65. The lowest BCUT2D eigenvalue weighted by molar-refractivity contribution is -0.134. The minimum atomic E-state index is -0.127. The number of ether oxygens (including phenoxy) is 1. The molecule has 2 aliphatic heterocycles. The third-order valence-corrected chi connectivity index (χ3v) is 7.92. The number of piperazine rings is 1. The van der Waals surface area contributed by atoms with Crippen molar-refractivity contribution in [3.63, 3.8) is 0 Å². The first-order valence-corrected chi connectivity index (χ1v) is 13.3. The zero-order chi connectivity index (χ0) is 23.9. The van der Waals surface area contributed by atoms with E-state index in [0.717, 1.165) is 44.0 Å². The zero-order valence-corrected chi connectivity index (χ0v) is 20.6. The Hall–Kier alpha value is -2.71. The van der Waals surface area contributed by atoms with Gasteiger partial charge in [-0.1, -0.05) is 66.7 Å². The average Bonchev–Trinajstić information content (AvgIpc) is 3.43. The van der Waals surface area contributed by atoms with Crippen molar-refractivity contribution >= 4 is 17.7 Å². The Morgan fingerprint density at radius 2 is 1.66 bits per heavy atom. The van der Waals surface area contributed by atoms with Crippen molar-refractivity contribution in [1.82, 2.24) is 20.1 Å². The molecule has 182 valence electrons. The SMILES string of the molecule is O=C([C@@H]1CSC(c2cccnc2)N1)N1CCN(CCOC(c2ccccc2)c2ccccc2)CC1. The lowest BCUT2D eigenvalue weighted by atomic mass is 10.0. The van der Waals surface area contributed by atoms with Crippen LogP contribution in [0, 0.1) is 0 Å². The lowest BCUT2D eigenvalue weighted by Gasteiger charge is -2.36. The number of carbonyl (C=O) groups excluding carboxylic acids is 1. The van der Waals surface area contributed by atoms with E-state index in [0.29, 0.717) is 6.61 Å². The highest BCUT2D eigenvalue weighted by Crippen LogP contribution is 2.33. The molecule has 1 aromatic heterocycles. The van der Waals surface area contributed by atoms with Crippen molar-refractivity contribution in [1.29, 1.82) is 0 Å². The number of thioether (sulfide) groups is 1. The molecular weight excluding hydrogens is 456 g/mol. The molecule has 2 aliphatic rings. The van der Waals surface area contributed by atoms with Crippen LogP contribution in [0.15, 0.2) is 85.2 Å². The fraction of sp³-hybridized carbons (Fsp3) is 0.357. The van der Waals surface area contributed by atoms with Gasteiger partial charge in [0, 0.05) is 50.9 Å². The topological polar surface area (TPSA) is 57.7 Å². The van der Waals surface area contributed by atoms with Crippen molar-refractivity contribution in [3.8, 4) is 0 Å². The van der Waals surface area contributed by atoms with Crippen molar-refractivity contribution < 1.29 is 9.53 Å². The molecule has 0 spiro atoms. The van der Waals surface area contributed by atoms with Gasteiger partial charge in [-0.15, -0.1) is 11.8 Å². The summed E-state index contributed by atoms with van der Waals surface area (Å²) in [5.41, 5.74) is 3.46. The molecule has 0 radical (unpaired) electrons. The van der Waals surface area contributed by atoms with Gasteiger partial charge in [-0.3, -0.25) is 20.0 Å². The van der Waals surface area contributed by atoms with Crippen LogP contribution in [0.25, 0.3) is 0 Å². The predicted molar refractivity (Wildman–Crippen MR) is 140 cm³/mol. The first-order valence-electron chi connectivity index (χ1n) is 12.3. The van der Waals surface area contributed by atoms with E-state index in [4.69, 9.17) is 4.74 Å². The van der Waals surface area contributed by atoms with Crippen molar-refractivity contribution in [2.75, 3.05) is 45.1 Å². The van der Waals surface area contributed by atoms with Gasteiger partial charge in [0.1, 0.15) is 6.10 Å². The van der Waals surface area contributed by atoms with Gasteiger partial charge in [0.05, 0.1) is 18.0 Å². The molecule has 1 unspecified atom stereocenters. The number of nitrogens with one attached hydrogen (secondary N) is 1. The van der Waals surface area contributed by atoms with Crippen molar-refractivity contribution in [2.24, 2.45) is 0 Å². The number of nitrogens with zero attached hydrogens (tertiary/aromatic N) is 3. The van der Waals surface area contributed by atoms with Crippen molar-refractivity contribution in [3.05, 3.63) is 102 Å². The van der Waals surface area contributed by atoms with E-state index in [1.807, 2.05) is 29.3 Å². The van der Waals surface area contributed by atoms with Gasteiger partial charge in [-0.2, -0.15) is 0 Å². The van der Waals surface area contributed by atoms with Crippen LogP contribution in [0.1, 0.15) is 28.2 Å². The van der Waals surface area contributed by atoms with Gasteiger partial charge < -0.3 is 9.64 Å². The first-order chi connectivity index (χ1) is 17.3. The average molecular weight is 489 g/mol. The summed E-state index contributed by atoms with van der Waals surface area (Å²) in [4.78, 5) is 21.7. The van der Waals surface area contributed by atoms with E-state index in [1.165, 1.54) is 11.1 Å². The fourth-order valence-electron chi connectivity index (χ4n) is 4.69. The summed E-state index contributed by atoms with van der Waals surface area (Å²) in [5.74, 6) is 1.01. The Morgan fingerprint density at radius 3 is 2.29 bits per heavy atom. The molecule has 0 aliphatic carbocycles.